The van der Waals surface area contributed by atoms with Gasteiger partial charge in [0.2, 0.25) is 0 Å². The summed E-state index contributed by atoms with van der Waals surface area (Å²) in [6.45, 7) is 2.93. The van der Waals surface area contributed by atoms with Gasteiger partial charge in [-0.2, -0.15) is 0 Å². The van der Waals surface area contributed by atoms with Crippen molar-refractivity contribution in [2.45, 2.75) is 57.0 Å². The average molecular weight is 325 g/mol. The SMILES string of the molecule is CC(CN)(Cc1ccc(Br)cc1)NC1CCCCC1. The van der Waals surface area contributed by atoms with E-state index < -0.39 is 0 Å². The van der Waals surface area contributed by atoms with Crippen molar-refractivity contribution in [3.63, 3.8) is 0 Å². The van der Waals surface area contributed by atoms with Crippen LogP contribution in [0.1, 0.15) is 44.6 Å². The van der Waals surface area contributed by atoms with Gasteiger partial charge in [-0.1, -0.05) is 47.3 Å². The van der Waals surface area contributed by atoms with Gasteiger partial charge in [0.05, 0.1) is 0 Å². The topological polar surface area (TPSA) is 38.0 Å². The minimum absolute atomic E-state index is 0.00976. The van der Waals surface area contributed by atoms with E-state index in [4.69, 9.17) is 5.73 Å². The van der Waals surface area contributed by atoms with Crippen LogP contribution in [0.25, 0.3) is 0 Å². The third-order valence-corrected chi connectivity index (χ3v) is 4.64. The summed E-state index contributed by atoms with van der Waals surface area (Å²) in [6, 6.07) is 9.22. The lowest BCUT2D eigenvalue weighted by Crippen LogP contribution is -2.54. The fourth-order valence-electron chi connectivity index (χ4n) is 2.97. The van der Waals surface area contributed by atoms with Gasteiger partial charge in [-0.15, -0.1) is 0 Å². The zero-order valence-electron chi connectivity index (χ0n) is 11.8. The van der Waals surface area contributed by atoms with Gasteiger partial charge in [-0.3, -0.25) is 0 Å². The van der Waals surface area contributed by atoms with E-state index in [2.05, 4.69) is 52.4 Å². The first-order valence-electron chi connectivity index (χ1n) is 7.33. The van der Waals surface area contributed by atoms with Gasteiger partial charge >= 0.3 is 0 Å². The van der Waals surface area contributed by atoms with E-state index in [1.165, 1.54) is 37.7 Å². The fourth-order valence-corrected chi connectivity index (χ4v) is 3.24. The number of rotatable bonds is 5. The van der Waals surface area contributed by atoms with Crippen molar-refractivity contribution in [1.82, 2.24) is 5.32 Å². The van der Waals surface area contributed by atoms with Crippen molar-refractivity contribution in [3.05, 3.63) is 34.3 Å². The molecule has 0 aliphatic heterocycles. The second kappa shape index (κ2) is 6.87. The highest BCUT2D eigenvalue weighted by Crippen LogP contribution is 2.22. The van der Waals surface area contributed by atoms with Gasteiger partial charge < -0.3 is 11.1 Å². The van der Waals surface area contributed by atoms with E-state index in [9.17, 15) is 0 Å². The normalized spacial score (nSPS) is 20.2. The molecule has 0 spiro atoms. The maximum atomic E-state index is 6.03. The molecule has 1 aliphatic rings. The summed E-state index contributed by atoms with van der Waals surface area (Å²) in [7, 11) is 0. The highest BCUT2D eigenvalue weighted by Gasteiger charge is 2.27. The molecule has 2 nitrogen and oxygen atoms in total. The molecule has 3 N–H and O–H groups in total. The standard InChI is InChI=1S/C16H25BrN2/c1-16(12-18,19-15-5-3-2-4-6-15)11-13-7-9-14(17)10-8-13/h7-10,15,19H,2-6,11-12,18H2,1H3. The Morgan fingerprint density at radius 1 is 1.21 bits per heavy atom. The van der Waals surface area contributed by atoms with E-state index in [1.54, 1.807) is 0 Å². The van der Waals surface area contributed by atoms with Crippen LogP contribution in [0.15, 0.2) is 28.7 Å². The van der Waals surface area contributed by atoms with Crippen LogP contribution >= 0.6 is 15.9 Å². The molecular formula is C16H25BrN2. The molecule has 1 fully saturated rings. The van der Waals surface area contributed by atoms with Crippen molar-refractivity contribution in [3.8, 4) is 0 Å². The number of hydrogen-bond acceptors (Lipinski definition) is 2. The second-order valence-electron chi connectivity index (χ2n) is 6.05. The highest BCUT2D eigenvalue weighted by atomic mass is 79.9. The molecule has 1 saturated carbocycles. The molecule has 0 heterocycles. The molecule has 0 aromatic heterocycles. The van der Waals surface area contributed by atoms with Crippen molar-refractivity contribution in [2.75, 3.05) is 6.54 Å². The third kappa shape index (κ3) is 4.59. The van der Waals surface area contributed by atoms with E-state index in [0.717, 1.165) is 10.9 Å². The molecule has 2 rings (SSSR count). The molecule has 1 unspecified atom stereocenters. The number of nitrogens with two attached hydrogens (primary N) is 1. The lowest BCUT2D eigenvalue weighted by Gasteiger charge is -2.36. The molecule has 0 bridgehead atoms. The summed E-state index contributed by atoms with van der Waals surface area (Å²) in [6.07, 6.45) is 7.70. The van der Waals surface area contributed by atoms with Gasteiger partial charge in [0, 0.05) is 22.6 Å². The first-order chi connectivity index (χ1) is 9.11. The molecular weight excluding hydrogens is 300 g/mol. The van der Waals surface area contributed by atoms with Gasteiger partial charge in [0.15, 0.2) is 0 Å². The molecule has 1 aromatic rings. The van der Waals surface area contributed by atoms with Crippen molar-refractivity contribution >= 4 is 15.9 Å². The van der Waals surface area contributed by atoms with Gasteiger partial charge in [-0.05, 0) is 43.9 Å². The van der Waals surface area contributed by atoms with Gasteiger partial charge in [-0.25, -0.2) is 0 Å². The highest BCUT2D eigenvalue weighted by molar-refractivity contribution is 9.10. The largest absolute Gasteiger partial charge is 0.329 e. The summed E-state index contributed by atoms with van der Waals surface area (Å²) in [4.78, 5) is 0. The van der Waals surface area contributed by atoms with Crippen molar-refractivity contribution in [2.24, 2.45) is 5.73 Å². The minimum Gasteiger partial charge on any atom is -0.329 e. The number of hydrogen-bond donors (Lipinski definition) is 2. The van der Waals surface area contributed by atoms with Crippen molar-refractivity contribution < 1.29 is 0 Å². The maximum absolute atomic E-state index is 6.03. The Bertz CT molecular complexity index is 384. The quantitative estimate of drug-likeness (QED) is 0.867. The molecule has 0 amide bonds. The zero-order valence-corrected chi connectivity index (χ0v) is 13.4. The second-order valence-corrected chi connectivity index (χ2v) is 6.96. The first-order valence-corrected chi connectivity index (χ1v) is 8.13. The molecule has 1 aliphatic carbocycles. The predicted octanol–water partition coefficient (Wildman–Crippen LogP) is 3.63. The molecule has 19 heavy (non-hydrogen) atoms. The van der Waals surface area contributed by atoms with Crippen LogP contribution in [0.4, 0.5) is 0 Å². The van der Waals surface area contributed by atoms with Gasteiger partial charge in [0.1, 0.15) is 0 Å². The summed E-state index contributed by atoms with van der Waals surface area (Å²) in [5.41, 5.74) is 7.39. The third-order valence-electron chi connectivity index (χ3n) is 4.12. The van der Waals surface area contributed by atoms with E-state index >= 15 is 0 Å². The fraction of sp³-hybridized carbons (Fsp3) is 0.625. The molecule has 1 aromatic carbocycles. The molecule has 3 heteroatoms. The minimum atomic E-state index is 0.00976. The van der Waals surface area contributed by atoms with Crippen LogP contribution in [0.3, 0.4) is 0 Å². The Labute approximate surface area is 125 Å². The van der Waals surface area contributed by atoms with Crippen LogP contribution < -0.4 is 11.1 Å². The Balaban J connectivity index is 1.98. The average Bonchev–Trinajstić information content (AvgIpc) is 2.42. The zero-order chi connectivity index (χ0) is 13.7. The Kier molecular flexibility index (Phi) is 5.43. The summed E-state index contributed by atoms with van der Waals surface area (Å²) in [5, 5.41) is 3.81. The van der Waals surface area contributed by atoms with Crippen LogP contribution in [0, 0.1) is 0 Å². The Morgan fingerprint density at radius 3 is 2.42 bits per heavy atom. The van der Waals surface area contributed by atoms with Crippen LogP contribution in [-0.4, -0.2) is 18.1 Å². The first kappa shape index (κ1) is 15.0. The molecule has 106 valence electrons. The number of halogens is 1. The number of benzene rings is 1. The summed E-state index contributed by atoms with van der Waals surface area (Å²) < 4.78 is 1.13. The maximum Gasteiger partial charge on any atom is 0.0318 e. The van der Waals surface area contributed by atoms with Crippen LogP contribution in [0.5, 0.6) is 0 Å². The smallest absolute Gasteiger partial charge is 0.0318 e. The van der Waals surface area contributed by atoms with E-state index in [-0.39, 0.29) is 5.54 Å². The van der Waals surface area contributed by atoms with Crippen LogP contribution in [0.2, 0.25) is 0 Å². The molecule has 0 radical (unpaired) electrons. The number of nitrogens with one attached hydrogen (secondary N) is 1. The van der Waals surface area contributed by atoms with Crippen LogP contribution in [-0.2, 0) is 6.42 Å². The Morgan fingerprint density at radius 2 is 1.84 bits per heavy atom. The summed E-state index contributed by atoms with van der Waals surface area (Å²) >= 11 is 3.48. The van der Waals surface area contributed by atoms with Gasteiger partial charge in [0.25, 0.3) is 0 Å². The summed E-state index contributed by atoms with van der Waals surface area (Å²) in [5.74, 6) is 0. The predicted molar refractivity (Wildman–Crippen MR) is 85.3 cm³/mol. The van der Waals surface area contributed by atoms with E-state index in [1.807, 2.05) is 0 Å². The molecule has 0 saturated heterocycles. The Hall–Kier alpha value is -0.380. The van der Waals surface area contributed by atoms with Crippen molar-refractivity contribution in [1.29, 1.82) is 0 Å². The molecule has 1 atom stereocenters. The lowest BCUT2D eigenvalue weighted by atomic mass is 9.88. The monoisotopic (exact) mass is 324 g/mol. The lowest BCUT2D eigenvalue weighted by molar-refractivity contribution is 0.266. The van der Waals surface area contributed by atoms with E-state index in [0.29, 0.717) is 12.6 Å².